The van der Waals surface area contributed by atoms with Crippen LogP contribution in [-0.2, 0) is 17.1 Å². The van der Waals surface area contributed by atoms with Gasteiger partial charge in [-0.2, -0.15) is 17.5 Å². The second kappa shape index (κ2) is 7.84. The van der Waals surface area contributed by atoms with Crippen LogP contribution in [0.15, 0.2) is 47.9 Å². The van der Waals surface area contributed by atoms with E-state index in [4.69, 9.17) is 0 Å². The van der Waals surface area contributed by atoms with Gasteiger partial charge in [-0.05, 0) is 5.56 Å². The van der Waals surface area contributed by atoms with Gasteiger partial charge in [-0.3, -0.25) is 0 Å². The summed E-state index contributed by atoms with van der Waals surface area (Å²) in [6.45, 7) is 1.11. The third kappa shape index (κ3) is 4.39. The summed E-state index contributed by atoms with van der Waals surface area (Å²) in [7, 11) is -2.15. The summed E-state index contributed by atoms with van der Waals surface area (Å²) < 4.78 is 67.3. The van der Waals surface area contributed by atoms with E-state index in [1.807, 2.05) is 30.3 Å². The van der Waals surface area contributed by atoms with Crippen LogP contribution in [0.4, 0.5) is 13.2 Å². The molecule has 1 aromatic carbocycles. The zero-order valence-corrected chi connectivity index (χ0v) is 16.4. The fourth-order valence-electron chi connectivity index (χ4n) is 3.31. The van der Waals surface area contributed by atoms with Gasteiger partial charge in [0.05, 0.1) is 12.2 Å². The fourth-order valence-corrected chi connectivity index (χ4v) is 4.77. The van der Waals surface area contributed by atoms with Crippen molar-refractivity contribution in [3.63, 3.8) is 0 Å². The molecule has 2 heterocycles. The predicted octanol–water partition coefficient (Wildman–Crippen LogP) is 2.36. The van der Waals surface area contributed by atoms with Crippen molar-refractivity contribution in [2.45, 2.75) is 30.1 Å². The molecule has 1 unspecified atom stereocenters. The summed E-state index contributed by atoms with van der Waals surface area (Å²) in [4.78, 5) is 3.93. The van der Waals surface area contributed by atoms with Crippen LogP contribution in [0.5, 0.6) is 0 Å². The smallest absolute Gasteiger partial charge is 0.339 e. The highest BCUT2D eigenvalue weighted by Crippen LogP contribution is 2.32. The second-order valence-electron chi connectivity index (χ2n) is 7.17. The van der Waals surface area contributed by atoms with Gasteiger partial charge in [0.25, 0.3) is 10.0 Å². The van der Waals surface area contributed by atoms with Crippen molar-refractivity contribution in [1.29, 1.82) is 0 Å². The number of imidazole rings is 1. The molecule has 0 amide bonds. The summed E-state index contributed by atoms with van der Waals surface area (Å²) in [6.07, 6.45) is -1.48. The lowest BCUT2D eigenvalue weighted by Gasteiger charge is -2.23. The van der Waals surface area contributed by atoms with Crippen molar-refractivity contribution in [1.82, 2.24) is 19.2 Å². The maximum atomic E-state index is 12.9. The molecule has 28 heavy (non-hydrogen) atoms. The van der Waals surface area contributed by atoms with Crippen LogP contribution in [0, 0.1) is 5.92 Å². The fraction of sp³-hybridized carbons (Fsp3) is 0.500. The first kappa shape index (κ1) is 20.8. The summed E-state index contributed by atoms with van der Waals surface area (Å²) >= 11 is 0. The molecule has 1 aliphatic heterocycles. The quantitative estimate of drug-likeness (QED) is 0.785. The molecular weight excluding hydrogens is 393 g/mol. The number of sulfonamides is 1. The van der Waals surface area contributed by atoms with E-state index in [9.17, 15) is 21.6 Å². The topological polar surface area (TPSA) is 67.2 Å². The Morgan fingerprint density at radius 2 is 1.93 bits per heavy atom. The number of aromatic nitrogens is 2. The van der Waals surface area contributed by atoms with Gasteiger partial charge in [0.15, 0.2) is 5.03 Å². The molecule has 1 aromatic heterocycles. The zero-order valence-electron chi connectivity index (χ0n) is 15.6. The molecule has 0 aliphatic carbocycles. The average molecular weight is 416 g/mol. The van der Waals surface area contributed by atoms with Crippen LogP contribution >= 0.6 is 0 Å². The number of benzene rings is 1. The highest BCUT2D eigenvalue weighted by Gasteiger charge is 2.42. The molecule has 0 spiro atoms. The van der Waals surface area contributed by atoms with Crippen molar-refractivity contribution in [2.75, 3.05) is 19.6 Å². The second-order valence-corrected chi connectivity index (χ2v) is 9.06. The van der Waals surface area contributed by atoms with Gasteiger partial charge in [-0.1, -0.05) is 37.3 Å². The van der Waals surface area contributed by atoms with Gasteiger partial charge in [-0.25, -0.2) is 13.4 Å². The number of halogens is 3. The molecule has 1 saturated heterocycles. The Kier molecular flexibility index (Phi) is 5.83. The molecule has 10 heteroatoms. The maximum absolute atomic E-state index is 12.9. The first-order valence-electron chi connectivity index (χ1n) is 8.92. The highest BCUT2D eigenvalue weighted by molar-refractivity contribution is 7.89. The molecule has 3 rings (SSSR count). The van der Waals surface area contributed by atoms with Crippen LogP contribution in [0.25, 0.3) is 0 Å². The molecule has 3 atom stereocenters. The number of alkyl halides is 3. The van der Waals surface area contributed by atoms with Gasteiger partial charge in [0, 0.05) is 44.8 Å². The Morgan fingerprint density at radius 3 is 2.50 bits per heavy atom. The SMILES string of the molecule is CC(CN[C@H]1CN(S(=O)(=O)c2cn(C)cn2)C[C@@H]1c1ccccc1)C(F)(F)F. The van der Waals surface area contributed by atoms with E-state index >= 15 is 0 Å². The van der Waals surface area contributed by atoms with Crippen molar-refractivity contribution in [3.05, 3.63) is 48.4 Å². The summed E-state index contributed by atoms with van der Waals surface area (Å²) in [6, 6.07) is 8.81. The molecule has 2 aromatic rings. The molecule has 0 bridgehead atoms. The van der Waals surface area contributed by atoms with Gasteiger partial charge >= 0.3 is 6.18 Å². The van der Waals surface area contributed by atoms with Gasteiger partial charge < -0.3 is 9.88 Å². The molecule has 0 saturated carbocycles. The molecule has 1 fully saturated rings. The minimum Gasteiger partial charge on any atom is -0.339 e. The normalized spacial score (nSPS) is 22.5. The number of aryl methyl sites for hydroxylation is 1. The third-order valence-electron chi connectivity index (χ3n) is 5.04. The predicted molar refractivity (Wildman–Crippen MR) is 98.2 cm³/mol. The van der Waals surface area contributed by atoms with Crippen LogP contribution < -0.4 is 5.32 Å². The molecule has 154 valence electrons. The van der Waals surface area contributed by atoms with Crippen LogP contribution in [0.2, 0.25) is 0 Å². The van der Waals surface area contributed by atoms with E-state index in [0.717, 1.165) is 12.5 Å². The van der Waals surface area contributed by atoms with E-state index < -0.39 is 28.2 Å². The lowest BCUT2D eigenvalue weighted by Crippen LogP contribution is -2.41. The lowest BCUT2D eigenvalue weighted by molar-refractivity contribution is -0.168. The number of nitrogens with zero attached hydrogens (tertiary/aromatic N) is 3. The molecule has 1 aliphatic rings. The molecule has 0 radical (unpaired) electrons. The van der Waals surface area contributed by atoms with Gasteiger partial charge in [0.2, 0.25) is 0 Å². The third-order valence-corrected chi connectivity index (χ3v) is 6.76. The number of rotatable bonds is 6. The zero-order chi connectivity index (χ0) is 20.5. The molecule has 6 nitrogen and oxygen atoms in total. The Morgan fingerprint density at radius 1 is 1.25 bits per heavy atom. The van der Waals surface area contributed by atoms with E-state index in [1.165, 1.54) is 16.8 Å². The van der Waals surface area contributed by atoms with Gasteiger partial charge in [-0.15, -0.1) is 0 Å². The average Bonchev–Trinajstić information content (AvgIpc) is 3.26. The first-order valence-corrected chi connectivity index (χ1v) is 10.4. The minimum atomic E-state index is -4.30. The van der Waals surface area contributed by atoms with Crippen molar-refractivity contribution in [3.8, 4) is 0 Å². The Hall–Kier alpha value is -1.91. The van der Waals surface area contributed by atoms with Crippen LogP contribution in [-0.4, -0.2) is 54.1 Å². The van der Waals surface area contributed by atoms with Gasteiger partial charge in [0.1, 0.15) is 0 Å². The summed E-state index contributed by atoms with van der Waals surface area (Å²) in [5.74, 6) is -1.77. The number of hydrogen-bond acceptors (Lipinski definition) is 4. The van der Waals surface area contributed by atoms with E-state index in [0.29, 0.717) is 0 Å². The monoisotopic (exact) mass is 416 g/mol. The van der Waals surface area contributed by atoms with Crippen molar-refractivity contribution < 1.29 is 21.6 Å². The molecular formula is C18H23F3N4O2S. The number of nitrogens with one attached hydrogen (secondary N) is 1. The van der Waals surface area contributed by atoms with E-state index in [-0.39, 0.29) is 30.6 Å². The lowest BCUT2D eigenvalue weighted by atomic mass is 9.94. The standard InChI is InChI=1S/C18H23F3N4O2S/c1-13(18(19,20)21)8-22-16-10-25(9-15(16)14-6-4-3-5-7-14)28(26,27)17-11-24(2)12-23-17/h3-7,11-13,15-16,22H,8-10H2,1-2H3/t13?,15-,16+/m1/s1. The van der Waals surface area contributed by atoms with Crippen molar-refractivity contribution in [2.24, 2.45) is 13.0 Å². The Labute approximate surface area is 162 Å². The van der Waals surface area contributed by atoms with Crippen LogP contribution in [0.3, 0.4) is 0 Å². The Balaban J connectivity index is 1.82. The van der Waals surface area contributed by atoms with Crippen molar-refractivity contribution >= 4 is 10.0 Å². The van der Waals surface area contributed by atoms with Crippen LogP contribution in [0.1, 0.15) is 18.4 Å². The summed E-state index contributed by atoms with van der Waals surface area (Å²) in [5, 5.41) is 2.88. The molecule has 1 N–H and O–H groups in total. The van der Waals surface area contributed by atoms with E-state index in [1.54, 1.807) is 11.6 Å². The number of hydrogen-bond donors (Lipinski definition) is 1. The maximum Gasteiger partial charge on any atom is 0.392 e. The van der Waals surface area contributed by atoms with E-state index in [2.05, 4.69) is 10.3 Å². The highest BCUT2D eigenvalue weighted by atomic mass is 32.2. The minimum absolute atomic E-state index is 0.0638. The largest absolute Gasteiger partial charge is 0.392 e. The summed E-state index contributed by atoms with van der Waals surface area (Å²) in [5.41, 5.74) is 0.887. The Bertz CT molecular complexity index is 899. The first-order chi connectivity index (χ1) is 13.1.